The first-order chi connectivity index (χ1) is 10.2. The minimum atomic E-state index is 0.591. The Bertz CT molecular complexity index is 573. The van der Waals surface area contributed by atoms with Gasteiger partial charge in [0.25, 0.3) is 0 Å². The van der Waals surface area contributed by atoms with Gasteiger partial charge in [-0.2, -0.15) is 0 Å². The molecule has 0 unspecified atom stereocenters. The highest BCUT2D eigenvalue weighted by molar-refractivity contribution is 5.15. The maximum atomic E-state index is 4.72. The molecule has 3 heteroatoms. The van der Waals surface area contributed by atoms with E-state index in [0.29, 0.717) is 5.92 Å². The van der Waals surface area contributed by atoms with Crippen molar-refractivity contribution in [1.29, 1.82) is 0 Å². The number of benzene rings is 1. The van der Waals surface area contributed by atoms with Crippen molar-refractivity contribution in [3.05, 3.63) is 53.6 Å². The van der Waals surface area contributed by atoms with E-state index >= 15 is 0 Å². The summed E-state index contributed by atoms with van der Waals surface area (Å²) in [6.45, 7) is 5.62. The van der Waals surface area contributed by atoms with Gasteiger partial charge in [-0.3, -0.25) is 0 Å². The molecule has 1 aromatic carbocycles. The molecule has 2 heterocycles. The van der Waals surface area contributed by atoms with E-state index in [0.717, 1.165) is 25.2 Å². The van der Waals surface area contributed by atoms with Gasteiger partial charge in [0.15, 0.2) is 0 Å². The molecule has 1 aliphatic rings. The summed E-state index contributed by atoms with van der Waals surface area (Å²) < 4.78 is 2.21. The SMILES string of the molecule is Cc1cn(C)c([C@H]2CCCN(CCc3ccccc3)C2)n1. The monoisotopic (exact) mass is 283 g/mol. The molecule has 0 radical (unpaired) electrons. The molecular weight excluding hydrogens is 258 g/mol. The number of rotatable bonds is 4. The van der Waals surface area contributed by atoms with Gasteiger partial charge >= 0.3 is 0 Å². The lowest BCUT2D eigenvalue weighted by Crippen LogP contribution is -2.36. The molecule has 0 bridgehead atoms. The summed E-state index contributed by atoms with van der Waals surface area (Å²) in [5.74, 6) is 1.85. The van der Waals surface area contributed by atoms with Crippen molar-refractivity contribution in [1.82, 2.24) is 14.5 Å². The highest BCUT2D eigenvalue weighted by atomic mass is 15.1. The average Bonchev–Trinajstić information content (AvgIpc) is 2.85. The van der Waals surface area contributed by atoms with Gasteiger partial charge in [0.05, 0.1) is 5.69 Å². The fraction of sp³-hybridized carbons (Fsp3) is 0.500. The lowest BCUT2D eigenvalue weighted by molar-refractivity contribution is 0.205. The second-order valence-corrected chi connectivity index (χ2v) is 6.23. The summed E-state index contributed by atoms with van der Waals surface area (Å²) >= 11 is 0. The van der Waals surface area contributed by atoms with Gasteiger partial charge in [-0.1, -0.05) is 30.3 Å². The van der Waals surface area contributed by atoms with Gasteiger partial charge in [-0.15, -0.1) is 0 Å². The van der Waals surface area contributed by atoms with E-state index in [1.807, 2.05) is 0 Å². The van der Waals surface area contributed by atoms with Gasteiger partial charge in [-0.25, -0.2) is 4.98 Å². The Morgan fingerprint density at radius 3 is 2.76 bits per heavy atom. The fourth-order valence-electron chi connectivity index (χ4n) is 3.42. The Hall–Kier alpha value is -1.61. The number of piperidine rings is 1. The number of imidazole rings is 1. The summed E-state index contributed by atoms with van der Waals surface area (Å²) in [5, 5.41) is 0. The van der Waals surface area contributed by atoms with Gasteiger partial charge in [0.2, 0.25) is 0 Å². The van der Waals surface area contributed by atoms with E-state index in [4.69, 9.17) is 4.98 Å². The topological polar surface area (TPSA) is 21.1 Å². The van der Waals surface area contributed by atoms with E-state index in [1.165, 1.54) is 30.8 Å². The maximum Gasteiger partial charge on any atom is 0.113 e. The molecule has 0 N–H and O–H groups in total. The van der Waals surface area contributed by atoms with Crippen LogP contribution in [0.15, 0.2) is 36.5 Å². The van der Waals surface area contributed by atoms with Crippen molar-refractivity contribution >= 4 is 0 Å². The fourth-order valence-corrected chi connectivity index (χ4v) is 3.42. The number of aryl methyl sites for hydroxylation is 2. The lowest BCUT2D eigenvalue weighted by Gasteiger charge is -2.32. The van der Waals surface area contributed by atoms with Crippen LogP contribution in [-0.4, -0.2) is 34.1 Å². The summed E-state index contributed by atoms with van der Waals surface area (Å²) in [7, 11) is 2.12. The molecule has 2 aromatic rings. The van der Waals surface area contributed by atoms with Gasteiger partial charge < -0.3 is 9.47 Å². The van der Waals surface area contributed by atoms with E-state index in [2.05, 4.69) is 60.0 Å². The Morgan fingerprint density at radius 2 is 2.05 bits per heavy atom. The van der Waals surface area contributed by atoms with Gasteiger partial charge in [-0.05, 0) is 38.3 Å². The summed E-state index contributed by atoms with van der Waals surface area (Å²) in [6, 6.07) is 10.8. The predicted octanol–water partition coefficient (Wildman–Crippen LogP) is 3.15. The van der Waals surface area contributed by atoms with Crippen molar-refractivity contribution in [2.24, 2.45) is 7.05 Å². The Balaban J connectivity index is 1.59. The molecule has 1 saturated heterocycles. The quantitative estimate of drug-likeness (QED) is 0.859. The first-order valence-corrected chi connectivity index (χ1v) is 7.98. The molecule has 112 valence electrons. The van der Waals surface area contributed by atoms with Gasteiger partial charge in [0.1, 0.15) is 5.82 Å². The van der Waals surface area contributed by atoms with Crippen molar-refractivity contribution < 1.29 is 0 Å². The molecule has 1 aliphatic heterocycles. The zero-order valence-corrected chi connectivity index (χ0v) is 13.1. The predicted molar refractivity (Wildman–Crippen MR) is 86.5 cm³/mol. The van der Waals surface area contributed by atoms with Crippen LogP contribution in [0, 0.1) is 6.92 Å². The molecular formula is C18H25N3. The Kier molecular flexibility index (Phi) is 4.39. The second kappa shape index (κ2) is 6.44. The molecule has 0 amide bonds. The van der Waals surface area contributed by atoms with Crippen molar-refractivity contribution in [3.8, 4) is 0 Å². The zero-order chi connectivity index (χ0) is 14.7. The number of nitrogens with zero attached hydrogens (tertiary/aromatic N) is 3. The molecule has 0 saturated carbocycles. The number of hydrogen-bond acceptors (Lipinski definition) is 2. The smallest absolute Gasteiger partial charge is 0.113 e. The summed E-state index contributed by atoms with van der Waals surface area (Å²) in [5.41, 5.74) is 2.57. The molecule has 0 aliphatic carbocycles. The molecule has 1 fully saturated rings. The highest BCUT2D eigenvalue weighted by Crippen LogP contribution is 2.26. The summed E-state index contributed by atoms with van der Waals surface area (Å²) in [6.07, 6.45) is 5.84. The zero-order valence-electron chi connectivity index (χ0n) is 13.1. The molecule has 3 rings (SSSR count). The average molecular weight is 283 g/mol. The first-order valence-electron chi connectivity index (χ1n) is 7.98. The van der Waals surface area contributed by atoms with Crippen molar-refractivity contribution in [2.75, 3.05) is 19.6 Å². The van der Waals surface area contributed by atoms with Crippen LogP contribution in [0.5, 0.6) is 0 Å². The third-order valence-corrected chi connectivity index (χ3v) is 4.46. The largest absolute Gasteiger partial charge is 0.337 e. The third-order valence-electron chi connectivity index (χ3n) is 4.46. The Labute approximate surface area is 127 Å². The normalized spacial score (nSPS) is 19.8. The standard InChI is InChI=1S/C18H25N3/c1-15-13-20(2)18(19-15)17-9-6-11-21(14-17)12-10-16-7-4-3-5-8-16/h3-5,7-8,13,17H,6,9-12,14H2,1-2H3/t17-/m0/s1. The van der Waals surface area contributed by atoms with E-state index in [9.17, 15) is 0 Å². The highest BCUT2D eigenvalue weighted by Gasteiger charge is 2.24. The second-order valence-electron chi connectivity index (χ2n) is 6.23. The minimum Gasteiger partial charge on any atom is -0.337 e. The number of likely N-dealkylation sites (tertiary alicyclic amines) is 1. The van der Waals surface area contributed by atoms with Crippen LogP contribution in [0.1, 0.15) is 35.8 Å². The van der Waals surface area contributed by atoms with Crippen LogP contribution in [0.25, 0.3) is 0 Å². The number of aromatic nitrogens is 2. The molecule has 1 aromatic heterocycles. The van der Waals surface area contributed by atoms with Crippen LogP contribution in [-0.2, 0) is 13.5 Å². The van der Waals surface area contributed by atoms with E-state index in [-0.39, 0.29) is 0 Å². The van der Waals surface area contributed by atoms with E-state index in [1.54, 1.807) is 0 Å². The molecule has 1 atom stereocenters. The van der Waals surface area contributed by atoms with Crippen LogP contribution in [0.4, 0.5) is 0 Å². The Morgan fingerprint density at radius 1 is 1.24 bits per heavy atom. The summed E-state index contributed by atoms with van der Waals surface area (Å²) in [4.78, 5) is 7.33. The van der Waals surface area contributed by atoms with Crippen LogP contribution in [0.2, 0.25) is 0 Å². The van der Waals surface area contributed by atoms with E-state index < -0.39 is 0 Å². The molecule has 0 spiro atoms. The van der Waals surface area contributed by atoms with Crippen molar-refractivity contribution in [2.45, 2.75) is 32.1 Å². The minimum absolute atomic E-state index is 0.591. The third kappa shape index (κ3) is 3.53. The first kappa shape index (κ1) is 14.3. The molecule has 3 nitrogen and oxygen atoms in total. The number of hydrogen-bond donors (Lipinski definition) is 0. The van der Waals surface area contributed by atoms with Crippen molar-refractivity contribution in [3.63, 3.8) is 0 Å². The van der Waals surface area contributed by atoms with Gasteiger partial charge in [0, 0.05) is 32.3 Å². The van der Waals surface area contributed by atoms with Crippen LogP contribution < -0.4 is 0 Å². The van der Waals surface area contributed by atoms with Crippen LogP contribution in [0.3, 0.4) is 0 Å². The molecule has 21 heavy (non-hydrogen) atoms. The lowest BCUT2D eigenvalue weighted by atomic mass is 9.96. The van der Waals surface area contributed by atoms with Crippen LogP contribution >= 0.6 is 0 Å². The maximum absolute atomic E-state index is 4.72.